The first-order valence-electron chi connectivity index (χ1n) is 3.82. The number of hydrogen-bond acceptors (Lipinski definition) is 3. The Labute approximate surface area is 60.7 Å². The summed E-state index contributed by atoms with van der Waals surface area (Å²) >= 11 is 0. The van der Waals surface area contributed by atoms with Crippen LogP contribution in [-0.4, -0.2) is 38.5 Å². The van der Waals surface area contributed by atoms with Crippen LogP contribution < -0.4 is 5.32 Å². The summed E-state index contributed by atoms with van der Waals surface area (Å²) in [6.07, 6.45) is 1.10. The Morgan fingerprint density at radius 2 is 1.90 bits per heavy atom. The second-order valence-electron chi connectivity index (χ2n) is 3.06. The molecule has 3 nitrogen and oxygen atoms in total. The monoisotopic (exact) mass is 143 g/mol. The molecule has 10 heavy (non-hydrogen) atoms. The van der Waals surface area contributed by atoms with Gasteiger partial charge in [0, 0.05) is 13.2 Å². The van der Waals surface area contributed by atoms with Crippen LogP contribution in [0, 0.1) is 0 Å². The normalized spacial score (nSPS) is 40.8. The maximum atomic E-state index is 5.36. The topological polar surface area (TPSA) is 30.5 Å². The number of ether oxygens (including phenoxy) is 2. The van der Waals surface area contributed by atoms with Gasteiger partial charge in [-0.05, 0) is 6.42 Å². The van der Waals surface area contributed by atoms with Crippen LogP contribution in [0.25, 0.3) is 0 Å². The van der Waals surface area contributed by atoms with E-state index in [2.05, 4.69) is 5.32 Å². The SMILES string of the molecule is C1COCC2(CCOC2)N1. The van der Waals surface area contributed by atoms with Gasteiger partial charge in [-0.15, -0.1) is 0 Å². The number of morpholine rings is 1. The van der Waals surface area contributed by atoms with Crippen molar-refractivity contribution < 1.29 is 9.47 Å². The second kappa shape index (κ2) is 2.49. The van der Waals surface area contributed by atoms with Crippen molar-refractivity contribution in [2.24, 2.45) is 0 Å². The largest absolute Gasteiger partial charge is 0.379 e. The minimum atomic E-state index is 0.179. The molecule has 58 valence electrons. The maximum absolute atomic E-state index is 5.36. The summed E-state index contributed by atoms with van der Waals surface area (Å²) in [4.78, 5) is 0. The lowest BCUT2D eigenvalue weighted by Crippen LogP contribution is -2.54. The third-order valence-corrected chi connectivity index (χ3v) is 2.23. The molecule has 0 aliphatic carbocycles. The number of nitrogens with one attached hydrogen (secondary N) is 1. The zero-order valence-corrected chi connectivity index (χ0v) is 6.06. The molecule has 1 spiro atoms. The van der Waals surface area contributed by atoms with Crippen LogP contribution in [0.1, 0.15) is 6.42 Å². The van der Waals surface area contributed by atoms with E-state index in [9.17, 15) is 0 Å². The lowest BCUT2D eigenvalue weighted by Gasteiger charge is -2.32. The summed E-state index contributed by atoms with van der Waals surface area (Å²) in [5.74, 6) is 0. The molecule has 0 bridgehead atoms. The van der Waals surface area contributed by atoms with E-state index >= 15 is 0 Å². The summed E-state index contributed by atoms with van der Waals surface area (Å²) in [5.41, 5.74) is 0.179. The Balaban J connectivity index is 1.98. The van der Waals surface area contributed by atoms with E-state index in [4.69, 9.17) is 9.47 Å². The molecular formula is C7H13NO2. The first kappa shape index (κ1) is 6.58. The Bertz CT molecular complexity index is 113. The minimum Gasteiger partial charge on any atom is -0.379 e. The quantitative estimate of drug-likeness (QED) is 0.508. The average molecular weight is 143 g/mol. The predicted octanol–water partition coefficient (Wildman–Crippen LogP) is -0.235. The van der Waals surface area contributed by atoms with Crippen LogP contribution in [0.2, 0.25) is 0 Å². The lowest BCUT2D eigenvalue weighted by atomic mass is 9.99. The predicted molar refractivity (Wildman–Crippen MR) is 37.0 cm³/mol. The average Bonchev–Trinajstić information content (AvgIpc) is 2.39. The van der Waals surface area contributed by atoms with Crippen LogP contribution in [-0.2, 0) is 9.47 Å². The minimum absolute atomic E-state index is 0.179. The molecule has 0 aromatic heterocycles. The molecule has 1 N–H and O–H groups in total. The first-order valence-corrected chi connectivity index (χ1v) is 3.82. The fourth-order valence-corrected chi connectivity index (χ4v) is 1.57. The van der Waals surface area contributed by atoms with Gasteiger partial charge in [0.05, 0.1) is 25.4 Å². The van der Waals surface area contributed by atoms with Crippen molar-refractivity contribution in [1.29, 1.82) is 0 Å². The third-order valence-electron chi connectivity index (χ3n) is 2.23. The van der Waals surface area contributed by atoms with Gasteiger partial charge in [0.1, 0.15) is 0 Å². The highest BCUT2D eigenvalue weighted by molar-refractivity contribution is 4.93. The Morgan fingerprint density at radius 1 is 1.10 bits per heavy atom. The molecule has 0 aromatic rings. The highest BCUT2D eigenvalue weighted by Crippen LogP contribution is 2.20. The van der Waals surface area contributed by atoms with E-state index in [1.54, 1.807) is 0 Å². The van der Waals surface area contributed by atoms with Gasteiger partial charge in [0.2, 0.25) is 0 Å². The van der Waals surface area contributed by atoms with E-state index in [0.717, 1.165) is 39.4 Å². The number of rotatable bonds is 0. The summed E-state index contributed by atoms with van der Waals surface area (Å²) < 4.78 is 10.7. The number of hydrogen-bond donors (Lipinski definition) is 1. The van der Waals surface area contributed by atoms with Crippen molar-refractivity contribution in [3.8, 4) is 0 Å². The van der Waals surface area contributed by atoms with Gasteiger partial charge in [-0.3, -0.25) is 0 Å². The van der Waals surface area contributed by atoms with Gasteiger partial charge in [-0.25, -0.2) is 0 Å². The Hall–Kier alpha value is -0.120. The fourth-order valence-electron chi connectivity index (χ4n) is 1.57. The highest BCUT2D eigenvalue weighted by Gasteiger charge is 2.36. The van der Waals surface area contributed by atoms with E-state index in [0.29, 0.717) is 0 Å². The molecule has 2 fully saturated rings. The van der Waals surface area contributed by atoms with Crippen molar-refractivity contribution in [2.75, 3.05) is 33.0 Å². The van der Waals surface area contributed by atoms with E-state index in [1.165, 1.54) is 0 Å². The molecule has 3 heteroatoms. The van der Waals surface area contributed by atoms with Crippen molar-refractivity contribution in [1.82, 2.24) is 5.32 Å². The van der Waals surface area contributed by atoms with Crippen molar-refractivity contribution in [3.05, 3.63) is 0 Å². The molecule has 0 radical (unpaired) electrons. The van der Waals surface area contributed by atoms with Gasteiger partial charge >= 0.3 is 0 Å². The van der Waals surface area contributed by atoms with E-state index in [1.807, 2.05) is 0 Å². The Kier molecular flexibility index (Phi) is 1.64. The van der Waals surface area contributed by atoms with Gasteiger partial charge < -0.3 is 14.8 Å². The van der Waals surface area contributed by atoms with Crippen molar-refractivity contribution >= 4 is 0 Å². The highest BCUT2D eigenvalue weighted by atomic mass is 16.5. The van der Waals surface area contributed by atoms with Crippen LogP contribution >= 0.6 is 0 Å². The van der Waals surface area contributed by atoms with Gasteiger partial charge in [0.25, 0.3) is 0 Å². The molecular weight excluding hydrogens is 130 g/mol. The molecule has 0 saturated carbocycles. The van der Waals surface area contributed by atoms with Gasteiger partial charge in [-0.1, -0.05) is 0 Å². The molecule has 2 rings (SSSR count). The maximum Gasteiger partial charge on any atom is 0.0676 e. The summed E-state index contributed by atoms with van der Waals surface area (Å²) in [5, 5.41) is 3.44. The zero-order valence-electron chi connectivity index (χ0n) is 6.06. The van der Waals surface area contributed by atoms with Crippen LogP contribution in [0.15, 0.2) is 0 Å². The smallest absolute Gasteiger partial charge is 0.0676 e. The van der Waals surface area contributed by atoms with Crippen LogP contribution in [0.5, 0.6) is 0 Å². The van der Waals surface area contributed by atoms with Crippen LogP contribution in [0.3, 0.4) is 0 Å². The lowest BCUT2D eigenvalue weighted by molar-refractivity contribution is 0.0213. The van der Waals surface area contributed by atoms with Crippen molar-refractivity contribution in [3.63, 3.8) is 0 Å². The molecule has 0 amide bonds. The van der Waals surface area contributed by atoms with Gasteiger partial charge in [-0.2, -0.15) is 0 Å². The molecule has 2 aliphatic heterocycles. The van der Waals surface area contributed by atoms with E-state index < -0.39 is 0 Å². The first-order chi connectivity index (χ1) is 4.91. The Morgan fingerprint density at radius 3 is 2.50 bits per heavy atom. The fraction of sp³-hybridized carbons (Fsp3) is 1.00. The standard InChI is InChI=1S/C7H13NO2/c1-3-9-5-7(1)6-10-4-2-8-7/h8H,1-6H2. The molecule has 2 saturated heterocycles. The summed E-state index contributed by atoms with van der Waals surface area (Å²) in [6.45, 7) is 4.36. The zero-order chi connectivity index (χ0) is 6.86. The molecule has 1 unspecified atom stereocenters. The molecule has 2 aliphatic rings. The molecule has 2 heterocycles. The second-order valence-corrected chi connectivity index (χ2v) is 3.06. The van der Waals surface area contributed by atoms with Crippen molar-refractivity contribution in [2.45, 2.75) is 12.0 Å². The summed E-state index contributed by atoms with van der Waals surface area (Å²) in [7, 11) is 0. The summed E-state index contributed by atoms with van der Waals surface area (Å²) in [6, 6.07) is 0. The third kappa shape index (κ3) is 1.05. The van der Waals surface area contributed by atoms with Crippen LogP contribution in [0.4, 0.5) is 0 Å². The van der Waals surface area contributed by atoms with E-state index in [-0.39, 0.29) is 5.54 Å². The van der Waals surface area contributed by atoms with Gasteiger partial charge in [0.15, 0.2) is 0 Å². The molecule has 1 atom stereocenters. The molecule has 0 aromatic carbocycles.